The highest BCUT2D eigenvalue weighted by atomic mass is 16.5. The lowest BCUT2D eigenvalue weighted by atomic mass is 10.2. The number of carbonyl (C=O) groups excluding carboxylic acids is 1. The minimum Gasteiger partial charge on any atom is -0.469 e. The van der Waals surface area contributed by atoms with Crippen molar-refractivity contribution in [3.05, 3.63) is 0 Å². The number of esters is 1. The molecule has 0 aromatic heterocycles. The fourth-order valence-corrected chi connectivity index (χ4v) is 0.459. The molecule has 10 heavy (non-hydrogen) atoms. The Morgan fingerprint density at radius 3 is 2.80 bits per heavy atom. The van der Waals surface area contributed by atoms with E-state index in [1.54, 1.807) is 6.92 Å². The third kappa shape index (κ3) is 3.93. The SMILES string of the molecule is CC#CC(O)CC(=O)OC. The molecule has 0 aliphatic carbocycles. The Balaban J connectivity index is 3.64. The zero-order valence-electron chi connectivity index (χ0n) is 6.05. The van der Waals surface area contributed by atoms with Crippen molar-refractivity contribution in [3.63, 3.8) is 0 Å². The van der Waals surface area contributed by atoms with Crippen molar-refractivity contribution in [1.29, 1.82) is 0 Å². The summed E-state index contributed by atoms with van der Waals surface area (Å²) in [6.45, 7) is 1.60. The first-order valence-corrected chi connectivity index (χ1v) is 2.88. The Kier molecular flexibility index (Phi) is 4.34. The summed E-state index contributed by atoms with van der Waals surface area (Å²) in [5, 5.41) is 8.88. The molecule has 0 spiro atoms. The van der Waals surface area contributed by atoms with E-state index >= 15 is 0 Å². The van der Waals surface area contributed by atoms with Gasteiger partial charge in [0, 0.05) is 0 Å². The molecule has 0 rings (SSSR count). The predicted octanol–water partition coefficient (Wildman–Crippen LogP) is -0.0663. The number of aliphatic hydroxyl groups excluding tert-OH is 1. The van der Waals surface area contributed by atoms with Gasteiger partial charge >= 0.3 is 5.97 Å². The van der Waals surface area contributed by atoms with E-state index in [4.69, 9.17) is 5.11 Å². The van der Waals surface area contributed by atoms with Crippen LogP contribution in [0.5, 0.6) is 0 Å². The van der Waals surface area contributed by atoms with Crippen LogP contribution in [0.15, 0.2) is 0 Å². The lowest BCUT2D eigenvalue weighted by Gasteiger charge is -1.99. The number of methoxy groups -OCH3 is 1. The normalized spacial score (nSPS) is 11.1. The van der Waals surface area contributed by atoms with Crippen molar-refractivity contribution >= 4 is 5.97 Å². The first-order valence-electron chi connectivity index (χ1n) is 2.88. The van der Waals surface area contributed by atoms with Crippen molar-refractivity contribution in [2.75, 3.05) is 7.11 Å². The van der Waals surface area contributed by atoms with Crippen molar-refractivity contribution in [3.8, 4) is 11.8 Å². The van der Waals surface area contributed by atoms with Crippen LogP contribution in [0.2, 0.25) is 0 Å². The number of hydrogen-bond donors (Lipinski definition) is 1. The van der Waals surface area contributed by atoms with Crippen molar-refractivity contribution in [2.24, 2.45) is 0 Å². The highest BCUT2D eigenvalue weighted by molar-refractivity contribution is 5.70. The van der Waals surface area contributed by atoms with Crippen LogP contribution in [0.1, 0.15) is 13.3 Å². The predicted molar refractivity (Wildman–Crippen MR) is 36.1 cm³/mol. The number of carbonyl (C=O) groups is 1. The number of ether oxygens (including phenoxy) is 1. The maximum atomic E-state index is 10.4. The fourth-order valence-electron chi connectivity index (χ4n) is 0.459. The molecule has 0 amide bonds. The van der Waals surface area contributed by atoms with Gasteiger partial charge in [-0.05, 0) is 6.92 Å². The van der Waals surface area contributed by atoms with Crippen LogP contribution >= 0.6 is 0 Å². The molecule has 1 N–H and O–H groups in total. The molecule has 0 saturated carbocycles. The van der Waals surface area contributed by atoms with E-state index in [1.165, 1.54) is 7.11 Å². The van der Waals surface area contributed by atoms with Crippen LogP contribution in [-0.4, -0.2) is 24.3 Å². The minimum absolute atomic E-state index is 0.0582. The van der Waals surface area contributed by atoms with Gasteiger partial charge in [0.1, 0.15) is 6.10 Å². The van der Waals surface area contributed by atoms with Gasteiger partial charge in [-0.15, -0.1) is 5.92 Å². The molecule has 56 valence electrons. The van der Waals surface area contributed by atoms with E-state index in [0.717, 1.165) is 0 Å². The zero-order valence-corrected chi connectivity index (χ0v) is 6.05. The van der Waals surface area contributed by atoms with Crippen LogP contribution in [0.4, 0.5) is 0 Å². The molecule has 3 heteroatoms. The molecule has 0 aromatic carbocycles. The molecule has 0 saturated heterocycles. The summed E-state index contributed by atoms with van der Waals surface area (Å²) < 4.78 is 4.30. The molecule has 3 nitrogen and oxygen atoms in total. The second kappa shape index (κ2) is 4.83. The van der Waals surface area contributed by atoms with Gasteiger partial charge in [0.25, 0.3) is 0 Å². The lowest BCUT2D eigenvalue weighted by molar-refractivity contribution is -0.142. The van der Waals surface area contributed by atoms with E-state index in [1.807, 2.05) is 0 Å². The standard InChI is InChI=1S/C7H10O3/c1-3-4-6(8)5-7(9)10-2/h6,8H,5H2,1-2H3. The fraction of sp³-hybridized carbons (Fsp3) is 0.571. The van der Waals surface area contributed by atoms with Gasteiger partial charge < -0.3 is 9.84 Å². The van der Waals surface area contributed by atoms with E-state index < -0.39 is 12.1 Å². The molecule has 0 aromatic rings. The van der Waals surface area contributed by atoms with E-state index in [2.05, 4.69) is 16.6 Å². The summed E-state index contributed by atoms with van der Waals surface area (Å²) in [5.74, 6) is 4.46. The maximum absolute atomic E-state index is 10.4. The van der Waals surface area contributed by atoms with Gasteiger partial charge in [-0.3, -0.25) is 4.79 Å². The average molecular weight is 142 g/mol. The molecule has 1 atom stereocenters. The number of hydrogen-bond acceptors (Lipinski definition) is 3. The second-order valence-corrected chi connectivity index (χ2v) is 1.69. The topological polar surface area (TPSA) is 46.5 Å². The average Bonchev–Trinajstić information content (AvgIpc) is 1.88. The van der Waals surface area contributed by atoms with E-state index in [9.17, 15) is 4.79 Å². The van der Waals surface area contributed by atoms with Crippen molar-refractivity contribution < 1.29 is 14.6 Å². The Bertz CT molecular complexity index is 163. The highest BCUT2D eigenvalue weighted by Gasteiger charge is 2.06. The summed E-state index contributed by atoms with van der Waals surface area (Å²) in [7, 11) is 1.27. The smallest absolute Gasteiger partial charge is 0.309 e. The highest BCUT2D eigenvalue weighted by Crippen LogP contribution is 1.90. The minimum atomic E-state index is -0.891. The van der Waals surface area contributed by atoms with Gasteiger partial charge in [0.15, 0.2) is 0 Å². The monoisotopic (exact) mass is 142 g/mol. The molecule has 0 aliphatic heterocycles. The van der Waals surface area contributed by atoms with Crippen LogP contribution in [0.3, 0.4) is 0 Å². The quantitative estimate of drug-likeness (QED) is 0.433. The summed E-state index contributed by atoms with van der Waals surface area (Å²) in [4.78, 5) is 10.4. The Hall–Kier alpha value is -1.01. The largest absolute Gasteiger partial charge is 0.469 e. The summed E-state index contributed by atoms with van der Waals surface area (Å²) in [6.07, 6.45) is -0.949. The van der Waals surface area contributed by atoms with Crippen LogP contribution in [-0.2, 0) is 9.53 Å². The Morgan fingerprint density at radius 1 is 1.80 bits per heavy atom. The Morgan fingerprint density at radius 2 is 2.40 bits per heavy atom. The van der Waals surface area contributed by atoms with Gasteiger partial charge in [-0.2, -0.15) is 0 Å². The van der Waals surface area contributed by atoms with Crippen molar-refractivity contribution in [2.45, 2.75) is 19.4 Å². The molecule has 0 aliphatic rings. The zero-order chi connectivity index (χ0) is 7.98. The van der Waals surface area contributed by atoms with Crippen molar-refractivity contribution in [1.82, 2.24) is 0 Å². The van der Waals surface area contributed by atoms with Gasteiger partial charge in [0.2, 0.25) is 0 Å². The van der Waals surface area contributed by atoms with E-state index in [-0.39, 0.29) is 6.42 Å². The van der Waals surface area contributed by atoms with E-state index in [0.29, 0.717) is 0 Å². The molecule has 0 fully saturated rings. The molecular formula is C7H10O3. The van der Waals surface area contributed by atoms with Crippen LogP contribution < -0.4 is 0 Å². The molecule has 0 radical (unpaired) electrons. The van der Waals surface area contributed by atoms with Gasteiger partial charge in [0.05, 0.1) is 13.5 Å². The second-order valence-electron chi connectivity index (χ2n) is 1.69. The van der Waals surface area contributed by atoms with Crippen LogP contribution in [0, 0.1) is 11.8 Å². The first-order chi connectivity index (χ1) is 4.70. The number of aliphatic hydroxyl groups is 1. The summed E-state index contributed by atoms with van der Waals surface area (Å²) in [6, 6.07) is 0. The summed E-state index contributed by atoms with van der Waals surface area (Å²) >= 11 is 0. The number of rotatable bonds is 2. The molecule has 1 unspecified atom stereocenters. The molecular weight excluding hydrogens is 132 g/mol. The third-order valence-corrected chi connectivity index (χ3v) is 0.899. The van der Waals surface area contributed by atoms with Gasteiger partial charge in [-0.25, -0.2) is 0 Å². The first kappa shape index (κ1) is 8.99. The summed E-state index contributed by atoms with van der Waals surface area (Å²) in [5.41, 5.74) is 0. The van der Waals surface area contributed by atoms with Crippen LogP contribution in [0.25, 0.3) is 0 Å². The van der Waals surface area contributed by atoms with Gasteiger partial charge in [-0.1, -0.05) is 5.92 Å². The molecule has 0 heterocycles. The maximum Gasteiger partial charge on any atom is 0.309 e. The lowest BCUT2D eigenvalue weighted by Crippen LogP contribution is -2.12. The third-order valence-electron chi connectivity index (χ3n) is 0.899. The molecule has 0 bridgehead atoms. The Labute approximate surface area is 60.0 Å².